The van der Waals surface area contributed by atoms with Gasteiger partial charge in [0.1, 0.15) is 6.10 Å². The first-order chi connectivity index (χ1) is 8.72. The second-order valence-corrected chi connectivity index (χ2v) is 5.45. The first kappa shape index (κ1) is 15.3. The molecule has 1 aliphatic rings. The summed E-state index contributed by atoms with van der Waals surface area (Å²) in [5.41, 5.74) is 0. The highest BCUT2D eigenvalue weighted by atomic mass is 16.5. The molecule has 1 atom stereocenters. The highest BCUT2D eigenvalue weighted by molar-refractivity contribution is 5.69. The van der Waals surface area contributed by atoms with Crippen LogP contribution in [0.2, 0.25) is 0 Å². The molecule has 0 N–H and O–H groups in total. The SMILES string of the molecule is CCCC/C=C/C(C)OC(=O)CCC1CCCC1. The Hall–Kier alpha value is -0.790. The molecule has 0 aliphatic heterocycles. The Morgan fingerprint density at radius 2 is 2.11 bits per heavy atom. The van der Waals surface area contributed by atoms with Crippen molar-refractivity contribution in [1.82, 2.24) is 0 Å². The summed E-state index contributed by atoms with van der Waals surface area (Å²) < 4.78 is 5.36. The average Bonchev–Trinajstić information content (AvgIpc) is 2.85. The summed E-state index contributed by atoms with van der Waals surface area (Å²) in [6, 6.07) is 0. The van der Waals surface area contributed by atoms with Crippen molar-refractivity contribution in [3.8, 4) is 0 Å². The Morgan fingerprint density at radius 3 is 2.78 bits per heavy atom. The predicted molar refractivity (Wildman–Crippen MR) is 75.4 cm³/mol. The van der Waals surface area contributed by atoms with Crippen LogP contribution in [-0.4, -0.2) is 12.1 Å². The molecular formula is C16H28O2. The lowest BCUT2D eigenvalue weighted by Crippen LogP contribution is -2.13. The average molecular weight is 252 g/mol. The molecule has 0 saturated heterocycles. The van der Waals surface area contributed by atoms with E-state index in [1.54, 1.807) is 0 Å². The monoisotopic (exact) mass is 252 g/mol. The predicted octanol–water partition coefficient (Wildman–Crippen LogP) is 4.63. The first-order valence-corrected chi connectivity index (χ1v) is 7.58. The standard InChI is InChI=1S/C16H28O2/c1-3-4-5-6-9-14(2)18-16(17)13-12-15-10-7-8-11-15/h6,9,14-15H,3-5,7-8,10-13H2,1-2H3/b9-6+. The summed E-state index contributed by atoms with van der Waals surface area (Å²) in [5.74, 6) is 0.738. The van der Waals surface area contributed by atoms with Gasteiger partial charge in [-0.25, -0.2) is 0 Å². The molecule has 18 heavy (non-hydrogen) atoms. The van der Waals surface area contributed by atoms with E-state index >= 15 is 0 Å². The maximum atomic E-state index is 11.6. The van der Waals surface area contributed by atoms with Crippen LogP contribution in [-0.2, 0) is 9.53 Å². The van der Waals surface area contributed by atoms with Gasteiger partial charge in [0.2, 0.25) is 0 Å². The van der Waals surface area contributed by atoms with Gasteiger partial charge in [-0.1, -0.05) is 51.5 Å². The highest BCUT2D eigenvalue weighted by Gasteiger charge is 2.17. The smallest absolute Gasteiger partial charge is 0.306 e. The first-order valence-electron chi connectivity index (χ1n) is 7.58. The minimum atomic E-state index is -0.0714. The molecule has 104 valence electrons. The van der Waals surface area contributed by atoms with Gasteiger partial charge in [0.05, 0.1) is 0 Å². The van der Waals surface area contributed by atoms with Crippen LogP contribution < -0.4 is 0 Å². The van der Waals surface area contributed by atoms with E-state index in [9.17, 15) is 4.79 Å². The van der Waals surface area contributed by atoms with Crippen LogP contribution in [0.3, 0.4) is 0 Å². The summed E-state index contributed by atoms with van der Waals surface area (Å²) >= 11 is 0. The Bertz CT molecular complexity index is 252. The number of allylic oxidation sites excluding steroid dienone is 1. The molecule has 1 rings (SSSR count). The topological polar surface area (TPSA) is 26.3 Å². The van der Waals surface area contributed by atoms with Crippen molar-refractivity contribution in [1.29, 1.82) is 0 Å². The van der Waals surface area contributed by atoms with Gasteiger partial charge >= 0.3 is 5.97 Å². The van der Waals surface area contributed by atoms with Crippen molar-refractivity contribution in [3.05, 3.63) is 12.2 Å². The van der Waals surface area contributed by atoms with Crippen molar-refractivity contribution in [2.45, 2.75) is 77.7 Å². The number of hydrogen-bond acceptors (Lipinski definition) is 2. The van der Waals surface area contributed by atoms with E-state index in [1.807, 2.05) is 13.0 Å². The molecule has 0 spiro atoms. The van der Waals surface area contributed by atoms with Crippen LogP contribution in [0.15, 0.2) is 12.2 Å². The van der Waals surface area contributed by atoms with E-state index in [0.717, 1.165) is 18.8 Å². The number of hydrogen-bond donors (Lipinski definition) is 0. The quantitative estimate of drug-likeness (QED) is 0.357. The Balaban J connectivity index is 2.08. The zero-order valence-electron chi connectivity index (χ0n) is 12.0. The molecule has 2 heteroatoms. The van der Waals surface area contributed by atoms with Gasteiger partial charge in [-0.15, -0.1) is 0 Å². The summed E-state index contributed by atoms with van der Waals surface area (Å²) in [6.45, 7) is 4.12. The minimum absolute atomic E-state index is 0.0328. The summed E-state index contributed by atoms with van der Waals surface area (Å²) in [7, 11) is 0. The summed E-state index contributed by atoms with van der Waals surface area (Å²) in [5, 5.41) is 0. The third-order valence-electron chi connectivity index (χ3n) is 3.68. The molecular weight excluding hydrogens is 224 g/mol. The fourth-order valence-electron chi connectivity index (χ4n) is 2.54. The van der Waals surface area contributed by atoms with E-state index in [1.165, 1.54) is 38.5 Å². The normalized spacial score (nSPS) is 18.3. The maximum Gasteiger partial charge on any atom is 0.306 e. The molecule has 0 aromatic heterocycles. The van der Waals surface area contributed by atoms with Crippen LogP contribution in [0, 0.1) is 5.92 Å². The van der Waals surface area contributed by atoms with E-state index in [2.05, 4.69) is 13.0 Å². The molecule has 0 aromatic rings. The highest BCUT2D eigenvalue weighted by Crippen LogP contribution is 2.28. The second-order valence-electron chi connectivity index (χ2n) is 5.45. The van der Waals surface area contributed by atoms with Gasteiger partial charge in [-0.2, -0.15) is 0 Å². The third-order valence-corrected chi connectivity index (χ3v) is 3.68. The minimum Gasteiger partial charge on any atom is -0.458 e. The molecule has 0 heterocycles. The van der Waals surface area contributed by atoms with Crippen LogP contribution in [0.5, 0.6) is 0 Å². The lowest BCUT2D eigenvalue weighted by Gasteiger charge is -2.11. The fourth-order valence-corrected chi connectivity index (χ4v) is 2.54. The van der Waals surface area contributed by atoms with Crippen LogP contribution in [0.4, 0.5) is 0 Å². The molecule has 1 saturated carbocycles. The number of carbonyl (C=O) groups is 1. The van der Waals surface area contributed by atoms with E-state index in [4.69, 9.17) is 4.74 Å². The Labute approximate surface area is 112 Å². The van der Waals surface area contributed by atoms with Crippen molar-refractivity contribution < 1.29 is 9.53 Å². The van der Waals surface area contributed by atoms with E-state index < -0.39 is 0 Å². The molecule has 1 fully saturated rings. The number of unbranched alkanes of at least 4 members (excludes halogenated alkanes) is 2. The van der Waals surface area contributed by atoms with Gasteiger partial charge in [-0.05, 0) is 31.8 Å². The summed E-state index contributed by atoms with van der Waals surface area (Å²) in [4.78, 5) is 11.6. The number of carbonyl (C=O) groups excluding carboxylic acids is 1. The molecule has 2 nitrogen and oxygen atoms in total. The van der Waals surface area contributed by atoms with Gasteiger partial charge < -0.3 is 4.74 Å². The number of ether oxygens (including phenoxy) is 1. The lowest BCUT2D eigenvalue weighted by molar-refractivity contribution is -0.146. The molecule has 0 aromatic carbocycles. The van der Waals surface area contributed by atoms with Gasteiger partial charge in [0.15, 0.2) is 0 Å². The zero-order chi connectivity index (χ0) is 13.2. The number of esters is 1. The van der Waals surface area contributed by atoms with Gasteiger partial charge in [0.25, 0.3) is 0 Å². The molecule has 0 amide bonds. The number of rotatable bonds is 8. The molecule has 1 aliphatic carbocycles. The van der Waals surface area contributed by atoms with E-state index in [-0.39, 0.29) is 12.1 Å². The second kappa shape index (κ2) is 9.18. The van der Waals surface area contributed by atoms with Crippen LogP contribution in [0.1, 0.15) is 71.6 Å². The fraction of sp³-hybridized carbons (Fsp3) is 0.812. The molecule has 0 bridgehead atoms. The molecule has 1 unspecified atom stereocenters. The van der Waals surface area contributed by atoms with Crippen LogP contribution in [0.25, 0.3) is 0 Å². The van der Waals surface area contributed by atoms with Crippen molar-refractivity contribution in [2.75, 3.05) is 0 Å². The van der Waals surface area contributed by atoms with Crippen molar-refractivity contribution in [3.63, 3.8) is 0 Å². The zero-order valence-corrected chi connectivity index (χ0v) is 12.0. The van der Waals surface area contributed by atoms with Gasteiger partial charge in [0, 0.05) is 6.42 Å². The van der Waals surface area contributed by atoms with Crippen LogP contribution >= 0.6 is 0 Å². The Morgan fingerprint density at radius 1 is 1.39 bits per heavy atom. The van der Waals surface area contributed by atoms with Crippen molar-refractivity contribution >= 4 is 5.97 Å². The molecule has 0 radical (unpaired) electrons. The van der Waals surface area contributed by atoms with Gasteiger partial charge in [-0.3, -0.25) is 4.79 Å². The van der Waals surface area contributed by atoms with E-state index in [0.29, 0.717) is 6.42 Å². The summed E-state index contributed by atoms with van der Waals surface area (Å²) in [6.07, 6.45) is 14.5. The Kier molecular flexibility index (Phi) is 7.79. The maximum absolute atomic E-state index is 11.6. The largest absolute Gasteiger partial charge is 0.458 e. The third kappa shape index (κ3) is 6.83. The lowest BCUT2D eigenvalue weighted by atomic mass is 10.0. The van der Waals surface area contributed by atoms with Crippen molar-refractivity contribution in [2.24, 2.45) is 5.92 Å².